The Morgan fingerprint density at radius 2 is 1.81 bits per heavy atom. The molecule has 0 bridgehead atoms. The first-order chi connectivity index (χ1) is 7.51. The van der Waals surface area contributed by atoms with Crippen LogP contribution in [0.5, 0.6) is 0 Å². The maximum Gasteiger partial charge on any atom is 0.250 e. The summed E-state index contributed by atoms with van der Waals surface area (Å²) in [6.07, 6.45) is 0.0283. The summed E-state index contributed by atoms with van der Waals surface area (Å²) >= 11 is 2.39. The topological polar surface area (TPSA) is 0 Å². The van der Waals surface area contributed by atoms with Crippen LogP contribution in [-0.4, -0.2) is 10.7 Å². The van der Waals surface area contributed by atoms with Crippen LogP contribution in [-0.2, 0) is 0 Å². The summed E-state index contributed by atoms with van der Waals surface area (Å²) in [6.45, 7) is 0. The summed E-state index contributed by atoms with van der Waals surface area (Å²) in [5.74, 6) is -1.15. The fraction of sp³-hybridized carbons (Fsp3) is 0.167. The van der Waals surface area contributed by atoms with E-state index < -0.39 is 16.6 Å². The Morgan fingerprint density at radius 1 is 1.19 bits per heavy atom. The van der Waals surface area contributed by atoms with Crippen LogP contribution >= 0.6 is 15.9 Å². The van der Waals surface area contributed by atoms with E-state index in [1.165, 1.54) is 0 Å². The molecule has 0 radical (unpaired) electrons. The van der Waals surface area contributed by atoms with Gasteiger partial charge in [-0.25, -0.2) is 13.2 Å². The van der Waals surface area contributed by atoms with Gasteiger partial charge in [-0.1, -0.05) is 30.3 Å². The van der Waals surface area contributed by atoms with Crippen molar-refractivity contribution < 1.29 is 13.2 Å². The molecule has 1 aliphatic rings. The minimum absolute atomic E-state index is 0.346. The molecule has 1 aromatic carbocycles. The van der Waals surface area contributed by atoms with E-state index >= 15 is 0 Å². The molecule has 4 heteroatoms. The predicted octanol–water partition coefficient (Wildman–Crippen LogP) is 4.34. The van der Waals surface area contributed by atoms with Gasteiger partial charge in [0.05, 0.1) is 0 Å². The minimum atomic E-state index is -2.73. The molecule has 0 unspecified atom stereocenters. The second-order valence-corrected chi connectivity index (χ2v) is 4.66. The van der Waals surface area contributed by atoms with Crippen molar-refractivity contribution in [2.75, 3.05) is 0 Å². The zero-order valence-corrected chi connectivity index (χ0v) is 9.72. The van der Waals surface area contributed by atoms with Crippen LogP contribution in [0.25, 0.3) is 5.57 Å². The largest absolute Gasteiger partial charge is 0.250 e. The van der Waals surface area contributed by atoms with Gasteiger partial charge in [0.1, 0.15) is 0 Å². The quantitative estimate of drug-likeness (QED) is 0.675. The van der Waals surface area contributed by atoms with Gasteiger partial charge in [0.2, 0.25) is 4.58 Å². The number of halogens is 4. The average molecular weight is 289 g/mol. The molecular formula is C12H8BrF3. The van der Waals surface area contributed by atoms with E-state index in [-0.39, 0.29) is 0 Å². The second-order valence-electron chi connectivity index (χ2n) is 3.51. The Kier molecular flexibility index (Phi) is 2.93. The molecule has 0 nitrogen and oxygen atoms in total. The summed E-state index contributed by atoms with van der Waals surface area (Å²) in [6, 6.07) is 8.72. The molecule has 0 saturated heterocycles. The van der Waals surface area contributed by atoms with Gasteiger partial charge >= 0.3 is 0 Å². The first-order valence-electron chi connectivity index (χ1n) is 4.68. The van der Waals surface area contributed by atoms with Gasteiger partial charge in [0, 0.05) is 0 Å². The molecule has 1 aromatic rings. The molecule has 2 atom stereocenters. The molecule has 0 saturated carbocycles. The zero-order chi connectivity index (χ0) is 11.8. The van der Waals surface area contributed by atoms with E-state index in [0.29, 0.717) is 11.1 Å². The Morgan fingerprint density at radius 3 is 2.38 bits per heavy atom. The molecule has 84 valence electrons. The van der Waals surface area contributed by atoms with Crippen molar-refractivity contribution in [1.82, 2.24) is 0 Å². The number of rotatable bonds is 1. The highest BCUT2D eigenvalue weighted by Crippen LogP contribution is 2.42. The minimum Gasteiger partial charge on any atom is -0.238 e. The average Bonchev–Trinajstić information content (AvgIpc) is 2.27. The number of allylic oxidation sites excluding steroid dienone is 4. The Labute approximate surface area is 99.6 Å². The van der Waals surface area contributed by atoms with Crippen LogP contribution < -0.4 is 0 Å². The number of hydrogen-bond acceptors (Lipinski definition) is 0. The van der Waals surface area contributed by atoms with Crippen LogP contribution in [0, 0.1) is 0 Å². The molecule has 16 heavy (non-hydrogen) atoms. The van der Waals surface area contributed by atoms with Crippen LogP contribution in [0.3, 0.4) is 0 Å². The molecule has 0 fully saturated rings. The summed E-state index contributed by atoms with van der Waals surface area (Å²) in [4.78, 5) is 0. The SMILES string of the molecule is FC1=CC(c2ccccc2)=C[C@H](F)[C@]1(F)Br. The monoisotopic (exact) mass is 288 g/mol. The molecule has 0 N–H and O–H groups in total. The van der Waals surface area contributed by atoms with E-state index in [4.69, 9.17) is 0 Å². The third kappa shape index (κ3) is 1.94. The van der Waals surface area contributed by atoms with Gasteiger partial charge in [-0.3, -0.25) is 0 Å². The smallest absolute Gasteiger partial charge is 0.238 e. The van der Waals surface area contributed by atoms with Gasteiger partial charge in [-0.2, -0.15) is 0 Å². The summed E-state index contributed by atoms with van der Waals surface area (Å²) in [5.41, 5.74) is 1.00. The summed E-state index contributed by atoms with van der Waals surface area (Å²) < 4.78 is 37.3. The Balaban J connectivity index is 2.41. The zero-order valence-electron chi connectivity index (χ0n) is 8.13. The van der Waals surface area contributed by atoms with E-state index in [1.54, 1.807) is 30.3 Å². The van der Waals surface area contributed by atoms with Crippen LogP contribution in [0.15, 0.2) is 48.3 Å². The lowest BCUT2D eigenvalue weighted by molar-refractivity contribution is 0.183. The van der Waals surface area contributed by atoms with Gasteiger partial charge in [-0.05, 0) is 39.2 Å². The van der Waals surface area contributed by atoms with Gasteiger partial charge in [0.15, 0.2) is 12.0 Å². The highest BCUT2D eigenvalue weighted by atomic mass is 79.9. The van der Waals surface area contributed by atoms with Crippen molar-refractivity contribution in [3.05, 3.63) is 53.9 Å². The van der Waals surface area contributed by atoms with Crippen molar-refractivity contribution in [3.8, 4) is 0 Å². The fourth-order valence-electron chi connectivity index (χ4n) is 1.49. The Bertz CT molecular complexity index is 449. The Hall–Kier alpha value is -1.03. The normalized spacial score (nSPS) is 29.6. The second kappa shape index (κ2) is 4.09. The molecule has 1 aliphatic carbocycles. The van der Waals surface area contributed by atoms with Gasteiger partial charge < -0.3 is 0 Å². The van der Waals surface area contributed by atoms with E-state index in [9.17, 15) is 13.2 Å². The highest BCUT2D eigenvalue weighted by Gasteiger charge is 2.43. The predicted molar refractivity (Wildman–Crippen MR) is 61.3 cm³/mol. The lowest BCUT2D eigenvalue weighted by Gasteiger charge is -2.23. The van der Waals surface area contributed by atoms with E-state index in [0.717, 1.165) is 12.2 Å². The summed E-state index contributed by atoms with van der Waals surface area (Å²) in [5, 5.41) is 0. The highest BCUT2D eigenvalue weighted by molar-refractivity contribution is 9.10. The lowest BCUT2D eigenvalue weighted by atomic mass is 9.97. The molecule has 0 heterocycles. The maximum atomic E-state index is 13.4. The fourth-order valence-corrected chi connectivity index (χ4v) is 1.73. The number of benzene rings is 1. The molecule has 0 aliphatic heterocycles. The standard InChI is InChI=1S/C12H8BrF3/c13-12(16)10(14)6-9(7-11(12)15)8-4-2-1-3-5-8/h1-7,10H/t10-,12+/m0/s1. The van der Waals surface area contributed by atoms with Gasteiger partial charge in [-0.15, -0.1) is 0 Å². The van der Waals surface area contributed by atoms with Crippen molar-refractivity contribution in [3.63, 3.8) is 0 Å². The van der Waals surface area contributed by atoms with Crippen LogP contribution in [0.4, 0.5) is 13.2 Å². The molecule has 2 rings (SSSR count). The van der Waals surface area contributed by atoms with E-state index in [1.807, 2.05) is 0 Å². The first kappa shape index (κ1) is 11.5. The van der Waals surface area contributed by atoms with Crippen molar-refractivity contribution in [2.45, 2.75) is 10.7 Å². The first-order valence-corrected chi connectivity index (χ1v) is 5.48. The van der Waals surface area contributed by atoms with Crippen molar-refractivity contribution in [1.29, 1.82) is 0 Å². The van der Waals surface area contributed by atoms with Crippen molar-refractivity contribution in [2.24, 2.45) is 0 Å². The van der Waals surface area contributed by atoms with Crippen LogP contribution in [0.1, 0.15) is 5.56 Å². The molecule has 0 amide bonds. The summed E-state index contributed by atoms with van der Waals surface area (Å²) in [7, 11) is 0. The number of hydrogen-bond donors (Lipinski definition) is 0. The number of alkyl halides is 3. The molecule has 0 spiro atoms. The molecule has 0 aromatic heterocycles. The lowest BCUT2D eigenvalue weighted by Crippen LogP contribution is -2.29. The third-order valence-corrected chi connectivity index (χ3v) is 3.20. The van der Waals surface area contributed by atoms with Crippen molar-refractivity contribution >= 4 is 21.5 Å². The molecular weight excluding hydrogens is 281 g/mol. The van der Waals surface area contributed by atoms with E-state index in [2.05, 4.69) is 15.9 Å². The maximum absolute atomic E-state index is 13.4. The van der Waals surface area contributed by atoms with Crippen LogP contribution in [0.2, 0.25) is 0 Å². The third-order valence-electron chi connectivity index (χ3n) is 2.38. The van der Waals surface area contributed by atoms with Gasteiger partial charge in [0.25, 0.3) is 0 Å².